The maximum atomic E-state index is 13.2. The Morgan fingerprint density at radius 3 is 2.26 bits per heavy atom. The van der Waals surface area contributed by atoms with Crippen molar-refractivity contribution in [3.05, 3.63) is 124 Å². The van der Waals surface area contributed by atoms with Gasteiger partial charge >= 0.3 is 0 Å². The topological polar surface area (TPSA) is 62.1 Å². The number of fused-ring (bicyclic) bond motifs is 2. The predicted octanol–water partition coefficient (Wildman–Crippen LogP) is 8.04. The van der Waals surface area contributed by atoms with Crippen molar-refractivity contribution >= 4 is 39.2 Å². The molecular weight excluding hydrogens is 468 g/mol. The summed E-state index contributed by atoms with van der Waals surface area (Å²) in [5.74, 6) is 0.160. The van der Waals surface area contributed by atoms with Crippen molar-refractivity contribution in [1.82, 2.24) is 0 Å². The molecule has 1 amide bonds. The lowest BCUT2D eigenvalue weighted by molar-refractivity contribution is -0.112. The SMILES string of the molecule is Cc1cccc(NC(=O)/C(C#N)=C/c2c(OCc3c(C)ccc4ccccc34)ccc3ccccc23)c1C. The van der Waals surface area contributed by atoms with Crippen LogP contribution in [0.2, 0.25) is 0 Å². The maximum absolute atomic E-state index is 13.2. The van der Waals surface area contributed by atoms with Gasteiger partial charge < -0.3 is 10.1 Å². The minimum Gasteiger partial charge on any atom is -0.488 e. The summed E-state index contributed by atoms with van der Waals surface area (Å²) < 4.78 is 6.41. The van der Waals surface area contributed by atoms with Gasteiger partial charge in [-0.1, -0.05) is 78.9 Å². The number of anilines is 1. The van der Waals surface area contributed by atoms with E-state index < -0.39 is 5.91 Å². The van der Waals surface area contributed by atoms with Crippen LogP contribution in [-0.4, -0.2) is 5.91 Å². The van der Waals surface area contributed by atoms with Crippen LogP contribution in [0, 0.1) is 32.1 Å². The predicted molar refractivity (Wildman–Crippen MR) is 155 cm³/mol. The number of aryl methyl sites for hydroxylation is 2. The summed E-state index contributed by atoms with van der Waals surface area (Å²) in [5.41, 5.74) is 5.70. The molecule has 0 heterocycles. The molecule has 0 aliphatic rings. The standard InChI is InChI=1S/C34H28N2O2/c1-22-9-8-14-32(24(22)3)36-34(37)27(20-35)19-30-28-12-6-4-11-26(28)17-18-33(30)38-21-31-23(2)15-16-25-10-5-7-13-29(25)31/h4-19H,21H2,1-3H3,(H,36,37)/b27-19+. The highest BCUT2D eigenvalue weighted by molar-refractivity contribution is 6.11. The molecule has 5 aromatic carbocycles. The number of ether oxygens (including phenoxy) is 1. The highest BCUT2D eigenvalue weighted by Gasteiger charge is 2.16. The molecule has 4 heteroatoms. The second-order valence-corrected chi connectivity index (χ2v) is 9.44. The molecule has 0 spiro atoms. The van der Waals surface area contributed by atoms with E-state index in [1.54, 1.807) is 6.08 Å². The molecule has 0 aliphatic heterocycles. The number of hydrogen-bond acceptors (Lipinski definition) is 3. The third-order valence-corrected chi connectivity index (χ3v) is 7.08. The normalized spacial score (nSPS) is 11.4. The van der Waals surface area contributed by atoms with Crippen molar-refractivity contribution in [2.24, 2.45) is 0 Å². The first-order chi connectivity index (χ1) is 18.5. The monoisotopic (exact) mass is 496 g/mol. The highest BCUT2D eigenvalue weighted by atomic mass is 16.5. The molecule has 5 rings (SSSR count). The lowest BCUT2D eigenvalue weighted by atomic mass is 9.99. The van der Waals surface area contributed by atoms with Crippen molar-refractivity contribution in [2.45, 2.75) is 27.4 Å². The van der Waals surface area contributed by atoms with Gasteiger partial charge in [0.05, 0.1) is 0 Å². The minimum atomic E-state index is -0.454. The van der Waals surface area contributed by atoms with E-state index in [-0.39, 0.29) is 5.57 Å². The van der Waals surface area contributed by atoms with Gasteiger partial charge in [-0.2, -0.15) is 5.26 Å². The van der Waals surface area contributed by atoms with Gasteiger partial charge in [0, 0.05) is 16.8 Å². The smallest absolute Gasteiger partial charge is 0.266 e. The van der Waals surface area contributed by atoms with Crippen molar-refractivity contribution < 1.29 is 9.53 Å². The molecule has 0 aromatic heterocycles. The summed E-state index contributed by atoms with van der Waals surface area (Å²) in [7, 11) is 0. The fraction of sp³-hybridized carbons (Fsp3) is 0.118. The molecule has 0 radical (unpaired) electrons. The van der Waals surface area contributed by atoms with E-state index in [0.29, 0.717) is 23.6 Å². The van der Waals surface area contributed by atoms with Crippen LogP contribution in [0.4, 0.5) is 5.69 Å². The van der Waals surface area contributed by atoms with Crippen LogP contribution in [0.5, 0.6) is 5.75 Å². The fourth-order valence-electron chi connectivity index (χ4n) is 4.71. The molecular formula is C34H28N2O2. The highest BCUT2D eigenvalue weighted by Crippen LogP contribution is 2.32. The van der Waals surface area contributed by atoms with Gasteiger partial charge in [0.15, 0.2) is 0 Å². The van der Waals surface area contributed by atoms with Gasteiger partial charge in [0.1, 0.15) is 24.0 Å². The summed E-state index contributed by atoms with van der Waals surface area (Å²) in [5, 5.41) is 17.1. The lowest BCUT2D eigenvalue weighted by Gasteiger charge is -2.15. The van der Waals surface area contributed by atoms with Crippen LogP contribution in [0.1, 0.15) is 27.8 Å². The molecule has 0 aliphatic carbocycles. The van der Waals surface area contributed by atoms with E-state index in [0.717, 1.165) is 43.8 Å². The van der Waals surface area contributed by atoms with Crippen molar-refractivity contribution in [3.63, 3.8) is 0 Å². The van der Waals surface area contributed by atoms with E-state index in [1.807, 2.05) is 80.6 Å². The maximum Gasteiger partial charge on any atom is 0.266 e. The number of carbonyl (C=O) groups is 1. The van der Waals surface area contributed by atoms with Crippen LogP contribution >= 0.6 is 0 Å². The Bertz CT molecular complexity index is 1760. The Kier molecular flexibility index (Phi) is 6.93. The number of nitriles is 1. The molecule has 38 heavy (non-hydrogen) atoms. The van der Waals surface area contributed by atoms with Crippen molar-refractivity contribution in [3.8, 4) is 11.8 Å². The zero-order valence-electron chi connectivity index (χ0n) is 21.7. The molecule has 0 bridgehead atoms. The van der Waals surface area contributed by atoms with E-state index >= 15 is 0 Å². The van der Waals surface area contributed by atoms with Gasteiger partial charge in [-0.25, -0.2) is 0 Å². The first-order valence-electron chi connectivity index (χ1n) is 12.6. The zero-order chi connectivity index (χ0) is 26.6. The first kappa shape index (κ1) is 24.8. The number of nitrogens with one attached hydrogen (secondary N) is 1. The first-order valence-corrected chi connectivity index (χ1v) is 12.6. The number of nitrogens with zero attached hydrogens (tertiary/aromatic N) is 1. The largest absolute Gasteiger partial charge is 0.488 e. The van der Waals surface area contributed by atoms with Gasteiger partial charge in [0.2, 0.25) is 0 Å². The molecule has 186 valence electrons. The number of carbonyl (C=O) groups excluding carboxylic acids is 1. The van der Waals surface area contributed by atoms with Crippen LogP contribution in [0.25, 0.3) is 27.6 Å². The summed E-state index contributed by atoms with van der Waals surface area (Å²) in [6.07, 6.45) is 1.63. The Labute approximate surface area is 222 Å². The second-order valence-electron chi connectivity index (χ2n) is 9.44. The lowest BCUT2D eigenvalue weighted by Crippen LogP contribution is -2.14. The second kappa shape index (κ2) is 10.6. The molecule has 5 aromatic rings. The van der Waals surface area contributed by atoms with Crippen molar-refractivity contribution in [1.29, 1.82) is 5.26 Å². The van der Waals surface area contributed by atoms with Crippen LogP contribution in [-0.2, 0) is 11.4 Å². The summed E-state index contributed by atoms with van der Waals surface area (Å²) in [6, 6.07) is 32.1. The van der Waals surface area contributed by atoms with Crippen LogP contribution in [0.3, 0.4) is 0 Å². The number of amides is 1. The molecule has 0 saturated carbocycles. The Morgan fingerprint density at radius 1 is 0.816 bits per heavy atom. The Morgan fingerprint density at radius 2 is 1.50 bits per heavy atom. The average molecular weight is 497 g/mol. The molecule has 0 fully saturated rings. The van der Waals surface area contributed by atoms with Gasteiger partial charge in [-0.05, 0) is 77.2 Å². The number of benzene rings is 5. The fourth-order valence-corrected chi connectivity index (χ4v) is 4.71. The molecule has 0 atom stereocenters. The van der Waals surface area contributed by atoms with Gasteiger partial charge in [-0.3, -0.25) is 4.79 Å². The average Bonchev–Trinajstić information content (AvgIpc) is 2.94. The van der Waals surface area contributed by atoms with Crippen LogP contribution < -0.4 is 10.1 Å². The van der Waals surface area contributed by atoms with E-state index in [9.17, 15) is 10.1 Å². The molecule has 0 unspecified atom stereocenters. The minimum absolute atomic E-state index is 0.00782. The summed E-state index contributed by atoms with van der Waals surface area (Å²) in [4.78, 5) is 13.2. The quantitative estimate of drug-likeness (QED) is 0.191. The van der Waals surface area contributed by atoms with Gasteiger partial charge in [0.25, 0.3) is 5.91 Å². The zero-order valence-corrected chi connectivity index (χ0v) is 21.7. The third kappa shape index (κ3) is 4.87. The van der Waals surface area contributed by atoms with Crippen LogP contribution in [0.15, 0.2) is 96.6 Å². The number of rotatable bonds is 6. The van der Waals surface area contributed by atoms with E-state index in [1.165, 1.54) is 0 Å². The van der Waals surface area contributed by atoms with E-state index in [4.69, 9.17) is 4.74 Å². The molecule has 0 saturated heterocycles. The molecule has 1 N–H and O–H groups in total. The van der Waals surface area contributed by atoms with Gasteiger partial charge in [-0.15, -0.1) is 0 Å². The summed E-state index contributed by atoms with van der Waals surface area (Å²) >= 11 is 0. The Hall–Kier alpha value is -4.88. The summed E-state index contributed by atoms with van der Waals surface area (Å²) in [6.45, 7) is 6.39. The Balaban J connectivity index is 1.54. The van der Waals surface area contributed by atoms with Crippen molar-refractivity contribution in [2.75, 3.05) is 5.32 Å². The third-order valence-electron chi connectivity index (χ3n) is 7.08. The number of hydrogen-bond donors (Lipinski definition) is 1. The van der Waals surface area contributed by atoms with E-state index in [2.05, 4.69) is 42.6 Å². The molecule has 4 nitrogen and oxygen atoms in total.